The molecule has 2 aromatic carbocycles. The van der Waals surface area contributed by atoms with Gasteiger partial charge in [-0.15, -0.1) is 0 Å². The number of carbonyl (C=O) groups is 1. The van der Waals surface area contributed by atoms with Gasteiger partial charge in [-0.2, -0.15) is 0 Å². The minimum atomic E-state index is -0.189. The standard InChI is InChI=1S/C19H23IN2O2/c1-13-6-4-7-14(2)18(13)24-11-5-10-21-19(23)22-17-9-8-16(20)12-15(17)3/h4,6-9,12H,5,10-11H2,1-3H3,(H2,21,22,23). The molecule has 128 valence electrons. The Kier molecular flexibility index (Phi) is 6.90. The third kappa shape index (κ3) is 5.40. The van der Waals surface area contributed by atoms with Crippen molar-refractivity contribution in [2.75, 3.05) is 18.5 Å². The number of urea groups is 1. The summed E-state index contributed by atoms with van der Waals surface area (Å²) in [5, 5.41) is 5.73. The third-order valence-electron chi connectivity index (χ3n) is 3.70. The van der Waals surface area contributed by atoms with E-state index in [9.17, 15) is 4.79 Å². The van der Waals surface area contributed by atoms with E-state index in [2.05, 4.69) is 33.2 Å². The van der Waals surface area contributed by atoms with E-state index in [0.29, 0.717) is 13.2 Å². The van der Waals surface area contributed by atoms with Gasteiger partial charge >= 0.3 is 6.03 Å². The summed E-state index contributed by atoms with van der Waals surface area (Å²) in [4.78, 5) is 11.9. The molecule has 0 radical (unpaired) electrons. The van der Waals surface area contributed by atoms with Crippen LogP contribution in [0.2, 0.25) is 0 Å². The maximum atomic E-state index is 11.9. The van der Waals surface area contributed by atoms with E-state index in [4.69, 9.17) is 4.74 Å². The number of halogens is 1. The van der Waals surface area contributed by atoms with Crippen LogP contribution in [0.15, 0.2) is 36.4 Å². The average molecular weight is 438 g/mol. The number of benzene rings is 2. The Bertz CT molecular complexity index is 696. The van der Waals surface area contributed by atoms with Gasteiger partial charge in [0.25, 0.3) is 0 Å². The van der Waals surface area contributed by atoms with Crippen molar-refractivity contribution in [1.29, 1.82) is 0 Å². The van der Waals surface area contributed by atoms with Crippen LogP contribution in [0.3, 0.4) is 0 Å². The molecule has 0 saturated heterocycles. The van der Waals surface area contributed by atoms with Crippen molar-refractivity contribution in [3.05, 3.63) is 56.7 Å². The number of hydrogen-bond acceptors (Lipinski definition) is 2. The highest BCUT2D eigenvalue weighted by atomic mass is 127. The van der Waals surface area contributed by atoms with Crippen molar-refractivity contribution in [1.82, 2.24) is 5.32 Å². The maximum Gasteiger partial charge on any atom is 0.319 e. The number of ether oxygens (including phenoxy) is 1. The van der Waals surface area contributed by atoms with E-state index in [0.717, 1.165) is 38.1 Å². The summed E-state index contributed by atoms with van der Waals surface area (Å²) >= 11 is 2.25. The van der Waals surface area contributed by atoms with Crippen LogP contribution in [0.5, 0.6) is 5.75 Å². The molecule has 2 rings (SSSR count). The van der Waals surface area contributed by atoms with Crippen molar-refractivity contribution in [2.45, 2.75) is 27.2 Å². The molecule has 0 aliphatic carbocycles. The number of nitrogens with one attached hydrogen (secondary N) is 2. The van der Waals surface area contributed by atoms with Gasteiger partial charge < -0.3 is 15.4 Å². The Hall–Kier alpha value is -1.76. The van der Waals surface area contributed by atoms with Crippen molar-refractivity contribution >= 4 is 34.3 Å². The Labute approximate surface area is 157 Å². The number of amides is 2. The fraction of sp³-hybridized carbons (Fsp3) is 0.316. The van der Waals surface area contributed by atoms with Gasteiger partial charge in [0.15, 0.2) is 0 Å². The van der Waals surface area contributed by atoms with Crippen molar-refractivity contribution in [2.24, 2.45) is 0 Å². The molecule has 0 spiro atoms. The van der Waals surface area contributed by atoms with Crippen molar-refractivity contribution in [3.63, 3.8) is 0 Å². The van der Waals surface area contributed by atoms with Crippen LogP contribution < -0.4 is 15.4 Å². The molecule has 0 aliphatic rings. The number of carbonyl (C=O) groups excluding carboxylic acids is 1. The van der Waals surface area contributed by atoms with Gasteiger partial charge in [-0.3, -0.25) is 0 Å². The summed E-state index contributed by atoms with van der Waals surface area (Å²) in [7, 11) is 0. The number of anilines is 1. The zero-order chi connectivity index (χ0) is 17.5. The molecule has 0 saturated carbocycles. The molecular formula is C19H23IN2O2. The van der Waals surface area contributed by atoms with E-state index < -0.39 is 0 Å². The molecule has 0 heterocycles. The second kappa shape index (κ2) is 8.92. The van der Waals surface area contributed by atoms with Crippen molar-refractivity contribution < 1.29 is 9.53 Å². The van der Waals surface area contributed by atoms with E-state index in [-0.39, 0.29) is 6.03 Å². The first-order chi connectivity index (χ1) is 11.5. The molecule has 0 aromatic heterocycles. The highest BCUT2D eigenvalue weighted by Gasteiger charge is 2.05. The Morgan fingerprint density at radius 3 is 2.46 bits per heavy atom. The summed E-state index contributed by atoms with van der Waals surface area (Å²) in [6, 6.07) is 11.8. The van der Waals surface area contributed by atoms with Crippen LogP contribution >= 0.6 is 22.6 Å². The summed E-state index contributed by atoms with van der Waals surface area (Å²) < 4.78 is 6.98. The summed E-state index contributed by atoms with van der Waals surface area (Å²) in [5.74, 6) is 0.941. The SMILES string of the molecule is Cc1cc(I)ccc1NC(=O)NCCCOc1c(C)cccc1C. The molecule has 4 nitrogen and oxygen atoms in total. The zero-order valence-electron chi connectivity index (χ0n) is 14.3. The largest absolute Gasteiger partial charge is 0.493 e. The molecular weight excluding hydrogens is 415 g/mol. The molecule has 2 amide bonds. The molecule has 0 atom stereocenters. The number of para-hydroxylation sites is 1. The van der Waals surface area contributed by atoms with E-state index in [1.165, 1.54) is 0 Å². The van der Waals surface area contributed by atoms with E-state index in [1.54, 1.807) is 0 Å². The maximum absolute atomic E-state index is 11.9. The highest BCUT2D eigenvalue weighted by Crippen LogP contribution is 2.22. The van der Waals surface area contributed by atoms with Crippen molar-refractivity contribution in [3.8, 4) is 5.75 Å². The van der Waals surface area contributed by atoms with Gasteiger partial charge in [0.1, 0.15) is 5.75 Å². The van der Waals surface area contributed by atoms with Crippen LogP contribution in [0.1, 0.15) is 23.1 Å². The lowest BCUT2D eigenvalue weighted by Gasteiger charge is -2.13. The van der Waals surface area contributed by atoms with Crippen LogP contribution in [-0.4, -0.2) is 19.2 Å². The minimum absolute atomic E-state index is 0.189. The van der Waals surface area contributed by atoms with E-state index in [1.807, 2.05) is 57.2 Å². The average Bonchev–Trinajstić information content (AvgIpc) is 2.52. The topological polar surface area (TPSA) is 50.4 Å². The minimum Gasteiger partial charge on any atom is -0.493 e. The number of aryl methyl sites for hydroxylation is 3. The number of hydrogen-bond donors (Lipinski definition) is 2. The predicted molar refractivity (Wildman–Crippen MR) is 107 cm³/mol. The van der Waals surface area contributed by atoms with Gasteiger partial charge in [-0.05, 0) is 84.7 Å². The summed E-state index contributed by atoms with van der Waals surface area (Å²) in [6.07, 6.45) is 0.757. The lowest BCUT2D eigenvalue weighted by molar-refractivity contribution is 0.250. The highest BCUT2D eigenvalue weighted by molar-refractivity contribution is 14.1. The monoisotopic (exact) mass is 438 g/mol. The fourth-order valence-electron chi connectivity index (χ4n) is 2.41. The molecule has 0 unspecified atom stereocenters. The summed E-state index contributed by atoms with van der Waals surface area (Å²) in [5.41, 5.74) is 4.15. The smallest absolute Gasteiger partial charge is 0.319 e. The quantitative estimate of drug-likeness (QED) is 0.503. The predicted octanol–water partition coefficient (Wildman–Crippen LogP) is 4.81. The van der Waals surface area contributed by atoms with Gasteiger partial charge in [0, 0.05) is 15.8 Å². The Balaban J connectivity index is 1.71. The third-order valence-corrected chi connectivity index (χ3v) is 4.37. The lowest BCUT2D eigenvalue weighted by Crippen LogP contribution is -2.30. The molecule has 5 heteroatoms. The van der Waals surface area contributed by atoms with Crippen LogP contribution in [-0.2, 0) is 0 Å². The molecule has 0 bridgehead atoms. The first kappa shape index (κ1) is 18.6. The molecule has 0 aliphatic heterocycles. The first-order valence-corrected chi connectivity index (χ1v) is 9.05. The Morgan fingerprint density at radius 2 is 1.79 bits per heavy atom. The fourth-order valence-corrected chi connectivity index (χ4v) is 3.06. The number of rotatable bonds is 6. The molecule has 2 N–H and O–H groups in total. The molecule has 2 aromatic rings. The van der Waals surface area contributed by atoms with Gasteiger partial charge in [-0.25, -0.2) is 4.79 Å². The first-order valence-electron chi connectivity index (χ1n) is 7.97. The van der Waals surface area contributed by atoms with Gasteiger partial charge in [0.05, 0.1) is 6.61 Å². The van der Waals surface area contributed by atoms with Crippen LogP contribution in [0, 0.1) is 24.3 Å². The second-order valence-corrected chi connectivity index (χ2v) is 7.01. The zero-order valence-corrected chi connectivity index (χ0v) is 16.4. The van der Waals surface area contributed by atoms with Crippen LogP contribution in [0.4, 0.5) is 10.5 Å². The molecule has 24 heavy (non-hydrogen) atoms. The Morgan fingerprint density at radius 1 is 1.08 bits per heavy atom. The lowest BCUT2D eigenvalue weighted by atomic mass is 10.1. The normalized spacial score (nSPS) is 10.3. The van der Waals surface area contributed by atoms with Crippen LogP contribution in [0.25, 0.3) is 0 Å². The van der Waals surface area contributed by atoms with Gasteiger partial charge in [0.2, 0.25) is 0 Å². The summed E-state index contributed by atoms with van der Waals surface area (Å²) in [6.45, 7) is 7.21. The second-order valence-electron chi connectivity index (χ2n) is 5.76. The molecule has 0 fully saturated rings. The van der Waals surface area contributed by atoms with E-state index >= 15 is 0 Å². The van der Waals surface area contributed by atoms with Gasteiger partial charge in [-0.1, -0.05) is 18.2 Å².